The zero-order valence-electron chi connectivity index (χ0n) is 17.5. The van der Waals surface area contributed by atoms with Gasteiger partial charge in [-0.3, -0.25) is 19.4 Å². The second-order valence-electron chi connectivity index (χ2n) is 8.89. The molecule has 4 rings (SSSR count). The molecule has 0 bridgehead atoms. The van der Waals surface area contributed by atoms with Crippen LogP contribution < -0.4 is 10.9 Å². The number of carbonyl (C=O) groups is 1. The lowest BCUT2D eigenvalue weighted by atomic mass is 9.94. The predicted molar refractivity (Wildman–Crippen MR) is 117 cm³/mol. The molecule has 1 aromatic heterocycles. The van der Waals surface area contributed by atoms with Crippen molar-refractivity contribution in [2.45, 2.75) is 63.3 Å². The number of amides is 1. The van der Waals surface area contributed by atoms with E-state index in [0.29, 0.717) is 29.7 Å². The van der Waals surface area contributed by atoms with Crippen molar-refractivity contribution in [3.63, 3.8) is 0 Å². The van der Waals surface area contributed by atoms with E-state index in [1.165, 1.54) is 17.3 Å². The molecule has 3 heterocycles. The normalized spacial score (nSPS) is 24.1. The summed E-state index contributed by atoms with van der Waals surface area (Å²) in [4.78, 5) is 25.5. The first-order valence-corrected chi connectivity index (χ1v) is 11.3. The molecule has 0 saturated carbocycles. The first-order valence-electron chi connectivity index (χ1n) is 10.2. The van der Waals surface area contributed by atoms with Crippen molar-refractivity contribution in [1.82, 2.24) is 9.78 Å². The number of fused-ring (bicyclic) bond motifs is 1. The molecule has 0 radical (unpaired) electrons. The summed E-state index contributed by atoms with van der Waals surface area (Å²) in [5, 5.41) is 5.84. The van der Waals surface area contributed by atoms with Crippen LogP contribution in [0.25, 0.3) is 0 Å². The van der Waals surface area contributed by atoms with Crippen LogP contribution in [0.1, 0.15) is 74.4 Å². The van der Waals surface area contributed by atoms with Gasteiger partial charge >= 0.3 is 0 Å². The third kappa shape index (κ3) is 4.03. The maximum atomic E-state index is 13.0. The standard InChI is InChI=1S/C22H29N3O3S/c1-13(2)14-5-7-15(8-6-14)19-18-20(23-17(26)12-29-19)25(24-21(18)27)16-9-10-28-22(3,4)11-16/h5-8,13,16,19H,9-12H2,1-4H3,(H,23,26)(H,24,27)/t16-,19+/m0/s1. The van der Waals surface area contributed by atoms with Crippen LogP contribution in [0.2, 0.25) is 0 Å². The largest absolute Gasteiger partial charge is 0.375 e. The molecule has 0 unspecified atom stereocenters. The van der Waals surface area contributed by atoms with Gasteiger partial charge in [0.2, 0.25) is 5.91 Å². The predicted octanol–water partition coefficient (Wildman–Crippen LogP) is 4.20. The van der Waals surface area contributed by atoms with E-state index < -0.39 is 0 Å². The molecule has 156 valence electrons. The fourth-order valence-corrected chi connectivity index (χ4v) is 5.38. The lowest BCUT2D eigenvalue weighted by Crippen LogP contribution is -2.36. The molecule has 29 heavy (non-hydrogen) atoms. The van der Waals surface area contributed by atoms with Crippen molar-refractivity contribution in [2.75, 3.05) is 17.7 Å². The maximum Gasteiger partial charge on any atom is 0.270 e. The van der Waals surface area contributed by atoms with Crippen molar-refractivity contribution in [3.8, 4) is 0 Å². The van der Waals surface area contributed by atoms with E-state index in [-0.39, 0.29) is 28.4 Å². The Hall–Kier alpha value is -1.99. The number of aromatic nitrogens is 2. The lowest BCUT2D eigenvalue weighted by Gasteiger charge is -2.36. The average Bonchev–Trinajstić information content (AvgIpc) is 2.87. The van der Waals surface area contributed by atoms with E-state index in [4.69, 9.17) is 4.74 Å². The third-order valence-corrected chi connectivity index (χ3v) is 7.08. The second kappa shape index (κ2) is 7.69. The Balaban J connectivity index is 1.76. The molecule has 1 amide bonds. The summed E-state index contributed by atoms with van der Waals surface area (Å²) in [7, 11) is 0. The Morgan fingerprint density at radius 2 is 1.93 bits per heavy atom. The Labute approximate surface area is 175 Å². The van der Waals surface area contributed by atoms with Gasteiger partial charge in [-0.15, -0.1) is 11.8 Å². The maximum absolute atomic E-state index is 13.0. The number of benzene rings is 1. The highest BCUT2D eigenvalue weighted by Gasteiger charge is 2.35. The van der Waals surface area contributed by atoms with Gasteiger partial charge in [-0.25, -0.2) is 0 Å². The topological polar surface area (TPSA) is 76.1 Å². The summed E-state index contributed by atoms with van der Waals surface area (Å²) < 4.78 is 7.71. The number of nitrogens with one attached hydrogen (secondary N) is 2. The van der Waals surface area contributed by atoms with Crippen LogP contribution in [-0.2, 0) is 9.53 Å². The highest BCUT2D eigenvalue weighted by Crippen LogP contribution is 2.42. The Bertz CT molecular complexity index is 959. The average molecular weight is 416 g/mol. The summed E-state index contributed by atoms with van der Waals surface area (Å²) >= 11 is 1.51. The Morgan fingerprint density at radius 3 is 2.59 bits per heavy atom. The van der Waals surface area contributed by atoms with Crippen molar-refractivity contribution in [1.29, 1.82) is 0 Å². The number of hydrogen-bond acceptors (Lipinski definition) is 4. The molecule has 0 spiro atoms. The molecule has 6 nitrogen and oxygen atoms in total. The number of nitrogens with zero attached hydrogens (tertiary/aromatic N) is 1. The molecule has 2 atom stereocenters. The highest BCUT2D eigenvalue weighted by molar-refractivity contribution is 8.00. The molecule has 2 aliphatic heterocycles. The third-order valence-electron chi connectivity index (χ3n) is 5.81. The SMILES string of the molecule is CC(C)c1ccc([C@H]2SCC(=O)Nc3c2c(=O)[nH]n3[C@H]2CCOC(C)(C)C2)cc1. The molecule has 1 saturated heterocycles. The highest BCUT2D eigenvalue weighted by atomic mass is 32.2. The summed E-state index contributed by atoms with van der Waals surface area (Å²) in [5.41, 5.74) is 2.57. The van der Waals surface area contributed by atoms with Gasteiger partial charge in [0.15, 0.2) is 0 Å². The number of H-pyrrole nitrogens is 1. The minimum Gasteiger partial charge on any atom is -0.375 e. The zero-order valence-corrected chi connectivity index (χ0v) is 18.3. The number of hydrogen-bond donors (Lipinski definition) is 2. The van der Waals surface area contributed by atoms with Crippen LogP contribution in [0.5, 0.6) is 0 Å². The monoisotopic (exact) mass is 415 g/mol. The van der Waals surface area contributed by atoms with Crippen LogP contribution in [0, 0.1) is 0 Å². The first kappa shape index (κ1) is 20.3. The minimum atomic E-state index is -0.257. The lowest BCUT2D eigenvalue weighted by molar-refractivity contribution is -0.113. The summed E-state index contributed by atoms with van der Waals surface area (Å²) in [6.07, 6.45) is 1.58. The van der Waals surface area contributed by atoms with Gasteiger partial charge in [0.25, 0.3) is 5.56 Å². The number of aromatic amines is 1. The van der Waals surface area contributed by atoms with Crippen LogP contribution >= 0.6 is 11.8 Å². The van der Waals surface area contributed by atoms with Gasteiger partial charge in [0, 0.05) is 6.61 Å². The van der Waals surface area contributed by atoms with Gasteiger partial charge in [-0.1, -0.05) is 38.1 Å². The fourth-order valence-electron chi connectivity index (χ4n) is 4.26. The molecule has 2 aliphatic rings. The Kier molecular flexibility index (Phi) is 5.38. The van der Waals surface area contributed by atoms with Crippen molar-refractivity contribution < 1.29 is 9.53 Å². The second-order valence-corrected chi connectivity index (χ2v) is 9.98. The van der Waals surface area contributed by atoms with Crippen LogP contribution in [0.15, 0.2) is 29.1 Å². The smallest absolute Gasteiger partial charge is 0.270 e. The van der Waals surface area contributed by atoms with E-state index in [9.17, 15) is 9.59 Å². The fraction of sp³-hybridized carbons (Fsp3) is 0.545. The molecular formula is C22H29N3O3S. The van der Waals surface area contributed by atoms with Crippen LogP contribution in [-0.4, -0.2) is 33.6 Å². The van der Waals surface area contributed by atoms with Crippen molar-refractivity contribution >= 4 is 23.5 Å². The molecule has 7 heteroatoms. The van der Waals surface area contributed by atoms with E-state index in [0.717, 1.165) is 18.4 Å². The summed E-state index contributed by atoms with van der Waals surface area (Å²) in [5.74, 6) is 1.32. The van der Waals surface area contributed by atoms with Gasteiger partial charge in [0.05, 0.1) is 28.2 Å². The van der Waals surface area contributed by atoms with E-state index >= 15 is 0 Å². The number of rotatable bonds is 3. The molecule has 2 N–H and O–H groups in total. The first-order chi connectivity index (χ1) is 13.7. The molecule has 0 aliphatic carbocycles. The Morgan fingerprint density at radius 1 is 1.21 bits per heavy atom. The molecular weight excluding hydrogens is 386 g/mol. The van der Waals surface area contributed by atoms with Gasteiger partial charge in [-0.2, -0.15) is 0 Å². The number of carbonyl (C=O) groups excluding carboxylic acids is 1. The minimum absolute atomic E-state index is 0.0726. The zero-order chi connectivity index (χ0) is 20.8. The molecule has 1 fully saturated rings. The van der Waals surface area contributed by atoms with Crippen LogP contribution in [0.3, 0.4) is 0 Å². The van der Waals surface area contributed by atoms with Crippen LogP contribution in [0.4, 0.5) is 5.82 Å². The van der Waals surface area contributed by atoms with Crippen molar-refractivity contribution in [3.05, 3.63) is 51.3 Å². The number of anilines is 1. The number of thioether (sulfide) groups is 1. The van der Waals surface area contributed by atoms with Gasteiger partial charge < -0.3 is 10.1 Å². The van der Waals surface area contributed by atoms with Gasteiger partial charge in [0.1, 0.15) is 5.82 Å². The van der Waals surface area contributed by atoms with E-state index in [1.54, 1.807) is 0 Å². The van der Waals surface area contributed by atoms with Gasteiger partial charge in [-0.05, 0) is 43.7 Å². The van der Waals surface area contributed by atoms with E-state index in [1.807, 2.05) is 4.68 Å². The van der Waals surface area contributed by atoms with E-state index in [2.05, 4.69) is 62.4 Å². The number of ether oxygens (including phenoxy) is 1. The van der Waals surface area contributed by atoms with Crippen molar-refractivity contribution in [2.24, 2.45) is 0 Å². The summed E-state index contributed by atoms with van der Waals surface area (Å²) in [6, 6.07) is 8.49. The molecule has 1 aromatic carbocycles. The quantitative estimate of drug-likeness (QED) is 0.788. The molecule has 2 aromatic rings. The summed E-state index contributed by atoms with van der Waals surface area (Å²) in [6.45, 7) is 9.09.